The monoisotopic (exact) mass is 398 g/mol. The first-order chi connectivity index (χ1) is 14.0. The summed E-state index contributed by atoms with van der Waals surface area (Å²) in [7, 11) is 2.20. The SMILES string of the molecule is CCc1cc(CC(N)C(=O)N2CCN(C3CCN(C)CC3)CC2)cc2cn[nH]c12. The van der Waals surface area contributed by atoms with Gasteiger partial charge in [0.25, 0.3) is 0 Å². The third-order valence-corrected chi connectivity index (χ3v) is 6.67. The van der Waals surface area contributed by atoms with Gasteiger partial charge in [-0.3, -0.25) is 14.8 Å². The van der Waals surface area contributed by atoms with Gasteiger partial charge in [0, 0.05) is 37.6 Å². The maximum absolute atomic E-state index is 13.0. The van der Waals surface area contributed by atoms with Gasteiger partial charge >= 0.3 is 0 Å². The summed E-state index contributed by atoms with van der Waals surface area (Å²) >= 11 is 0. The van der Waals surface area contributed by atoms with Crippen LogP contribution in [0.1, 0.15) is 30.9 Å². The third-order valence-electron chi connectivity index (χ3n) is 6.67. The zero-order valence-corrected chi connectivity index (χ0v) is 17.7. The largest absolute Gasteiger partial charge is 0.339 e. The molecule has 1 unspecified atom stereocenters. The van der Waals surface area contributed by atoms with Crippen molar-refractivity contribution in [3.63, 3.8) is 0 Å². The molecule has 1 aromatic heterocycles. The smallest absolute Gasteiger partial charge is 0.239 e. The fourth-order valence-corrected chi connectivity index (χ4v) is 4.84. The van der Waals surface area contributed by atoms with E-state index in [-0.39, 0.29) is 5.91 Å². The Morgan fingerprint density at radius 2 is 1.93 bits per heavy atom. The normalized spacial score (nSPS) is 21.0. The summed E-state index contributed by atoms with van der Waals surface area (Å²) in [6.45, 7) is 8.00. The summed E-state index contributed by atoms with van der Waals surface area (Å²) in [5.41, 5.74) is 9.77. The van der Waals surface area contributed by atoms with E-state index in [1.807, 2.05) is 11.1 Å². The molecule has 7 nitrogen and oxygen atoms in total. The van der Waals surface area contributed by atoms with Crippen molar-refractivity contribution in [1.29, 1.82) is 0 Å². The molecule has 158 valence electrons. The van der Waals surface area contributed by atoms with Crippen molar-refractivity contribution in [1.82, 2.24) is 24.9 Å². The van der Waals surface area contributed by atoms with Gasteiger partial charge in [-0.05, 0) is 63.0 Å². The van der Waals surface area contributed by atoms with Crippen LogP contribution in [0.15, 0.2) is 18.3 Å². The van der Waals surface area contributed by atoms with E-state index in [1.54, 1.807) is 0 Å². The summed E-state index contributed by atoms with van der Waals surface area (Å²) in [4.78, 5) is 19.9. The molecule has 1 amide bonds. The Bertz CT molecular complexity index is 833. The van der Waals surface area contributed by atoms with Crippen molar-refractivity contribution in [2.75, 3.05) is 46.3 Å². The number of fused-ring (bicyclic) bond motifs is 1. The number of benzene rings is 1. The molecule has 2 saturated heterocycles. The van der Waals surface area contributed by atoms with Gasteiger partial charge in [-0.2, -0.15) is 5.10 Å². The van der Waals surface area contributed by atoms with Crippen LogP contribution >= 0.6 is 0 Å². The molecule has 0 spiro atoms. The van der Waals surface area contributed by atoms with Crippen LogP contribution in [0.3, 0.4) is 0 Å². The van der Waals surface area contributed by atoms with Crippen molar-refractivity contribution in [3.8, 4) is 0 Å². The van der Waals surface area contributed by atoms with E-state index in [0.29, 0.717) is 12.5 Å². The standard InChI is InChI=1S/C22H34N6O/c1-3-17-12-16(13-18-15-24-25-21(17)18)14-20(23)22(29)28-10-8-27(9-11-28)19-4-6-26(2)7-5-19/h12-13,15,19-20H,3-11,14,23H2,1-2H3,(H,24,25). The number of rotatable bonds is 5. The number of likely N-dealkylation sites (tertiary alicyclic amines) is 1. The van der Waals surface area contributed by atoms with Gasteiger partial charge < -0.3 is 15.5 Å². The lowest BCUT2D eigenvalue weighted by molar-refractivity contribution is -0.134. The molecular weight excluding hydrogens is 364 g/mol. The van der Waals surface area contributed by atoms with Gasteiger partial charge in [-0.25, -0.2) is 0 Å². The minimum absolute atomic E-state index is 0.0818. The van der Waals surface area contributed by atoms with Crippen molar-refractivity contribution >= 4 is 16.8 Å². The number of nitrogens with two attached hydrogens (primary N) is 1. The number of nitrogens with one attached hydrogen (secondary N) is 1. The molecule has 1 atom stereocenters. The van der Waals surface area contributed by atoms with Crippen LogP contribution in [0, 0.1) is 0 Å². The second kappa shape index (κ2) is 8.81. The van der Waals surface area contributed by atoms with Crippen LogP contribution in [0.5, 0.6) is 0 Å². The van der Waals surface area contributed by atoms with E-state index in [1.165, 1.54) is 31.5 Å². The Morgan fingerprint density at radius 1 is 1.21 bits per heavy atom. The fourth-order valence-electron chi connectivity index (χ4n) is 4.84. The summed E-state index contributed by atoms with van der Waals surface area (Å²) in [5, 5.41) is 8.30. The number of H-pyrrole nitrogens is 1. The zero-order valence-electron chi connectivity index (χ0n) is 17.7. The molecule has 1 aromatic carbocycles. The Labute approximate surface area is 173 Å². The summed E-state index contributed by atoms with van der Waals surface area (Å²) in [5.74, 6) is 0.0818. The Morgan fingerprint density at radius 3 is 2.62 bits per heavy atom. The second-order valence-electron chi connectivity index (χ2n) is 8.65. The second-order valence-corrected chi connectivity index (χ2v) is 8.65. The number of aromatic nitrogens is 2. The molecule has 2 fully saturated rings. The van der Waals surface area contributed by atoms with Gasteiger partial charge in [0.2, 0.25) is 5.91 Å². The first-order valence-electron chi connectivity index (χ1n) is 11.0. The predicted molar refractivity (Wildman–Crippen MR) is 116 cm³/mol. The molecule has 0 radical (unpaired) electrons. The van der Waals surface area contributed by atoms with Crippen LogP contribution < -0.4 is 5.73 Å². The lowest BCUT2D eigenvalue weighted by Crippen LogP contribution is -2.56. The minimum Gasteiger partial charge on any atom is -0.339 e. The van der Waals surface area contributed by atoms with Crippen molar-refractivity contribution in [2.24, 2.45) is 5.73 Å². The third kappa shape index (κ3) is 4.47. The number of nitrogens with zero attached hydrogens (tertiary/aromatic N) is 4. The quantitative estimate of drug-likeness (QED) is 0.792. The number of aryl methyl sites for hydroxylation is 1. The van der Waals surface area contributed by atoms with Gasteiger partial charge in [-0.1, -0.05) is 13.0 Å². The van der Waals surface area contributed by atoms with Crippen molar-refractivity contribution < 1.29 is 4.79 Å². The summed E-state index contributed by atoms with van der Waals surface area (Å²) < 4.78 is 0. The van der Waals surface area contributed by atoms with Crippen LogP contribution in [0.2, 0.25) is 0 Å². The number of aromatic amines is 1. The van der Waals surface area contributed by atoms with Crippen LogP contribution in [0.4, 0.5) is 0 Å². The lowest BCUT2D eigenvalue weighted by atomic mass is 9.99. The average Bonchev–Trinajstić information content (AvgIpc) is 3.22. The predicted octanol–water partition coefficient (Wildman–Crippen LogP) is 1.23. The van der Waals surface area contributed by atoms with Crippen LogP contribution in [0.25, 0.3) is 10.9 Å². The topological polar surface area (TPSA) is 81.5 Å². The summed E-state index contributed by atoms with van der Waals surface area (Å²) in [6.07, 6.45) is 5.81. The molecule has 29 heavy (non-hydrogen) atoms. The molecule has 0 bridgehead atoms. The van der Waals surface area contributed by atoms with E-state index in [9.17, 15) is 4.79 Å². The lowest BCUT2D eigenvalue weighted by Gasteiger charge is -2.42. The van der Waals surface area contributed by atoms with E-state index < -0.39 is 6.04 Å². The molecule has 2 aromatic rings. The van der Waals surface area contributed by atoms with Gasteiger partial charge in [0.15, 0.2) is 0 Å². The molecule has 3 heterocycles. The molecule has 0 aliphatic carbocycles. The first-order valence-corrected chi connectivity index (χ1v) is 11.0. The Balaban J connectivity index is 1.33. The molecule has 3 N–H and O–H groups in total. The highest BCUT2D eigenvalue weighted by Crippen LogP contribution is 2.21. The summed E-state index contributed by atoms with van der Waals surface area (Å²) in [6, 6.07) is 4.44. The van der Waals surface area contributed by atoms with E-state index in [2.05, 4.69) is 46.1 Å². The number of carbonyl (C=O) groups excluding carboxylic acids is 1. The fraction of sp³-hybridized carbons (Fsp3) is 0.636. The molecule has 7 heteroatoms. The molecule has 0 saturated carbocycles. The number of hydrogen-bond donors (Lipinski definition) is 2. The number of piperidine rings is 1. The highest BCUT2D eigenvalue weighted by molar-refractivity contribution is 5.84. The van der Waals surface area contributed by atoms with E-state index in [4.69, 9.17) is 5.73 Å². The van der Waals surface area contributed by atoms with Gasteiger partial charge in [0.1, 0.15) is 0 Å². The average molecular weight is 399 g/mol. The molecular formula is C22H34N6O. The molecule has 2 aliphatic heterocycles. The maximum Gasteiger partial charge on any atom is 0.239 e. The van der Waals surface area contributed by atoms with Gasteiger partial charge in [0.05, 0.1) is 17.8 Å². The molecule has 4 rings (SSSR count). The number of hydrogen-bond acceptors (Lipinski definition) is 5. The van der Waals surface area contributed by atoms with Crippen molar-refractivity contribution in [3.05, 3.63) is 29.5 Å². The maximum atomic E-state index is 13.0. The van der Waals surface area contributed by atoms with Gasteiger partial charge in [-0.15, -0.1) is 0 Å². The highest BCUT2D eigenvalue weighted by Gasteiger charge is 2.30. The van der Waals surface area contributed by atoms with Crippen molar-refractivity contribution in [2.45, 2.75) is 44.7 Å². The molecule has 2 aliphatic rings. The first kappa shape index (κ1) is 20.3. The highest BCUT2D eigenvalue weighted by atomic mass is 16.2. The zero-order chi connectivity index (χ0) is 20.4. The van der Waals surface area contributed by atoms with E-state index in [0.717, 1.165) is 49.1 Å². The minimum atomic E-state index is -0.487. The Kier molecular flexibility index (Phi) is 6.18. The number of amides is 1. The van der Waals surface area contributed by atoms with Crippen LogP contribution in [-0.4, -0.2) is 89.2 Å². The number of piperazine rings is 1. The van der Waals surface area contributed by atoms with E-state index >= 15 is 0 Å². The number of carbonyl (C=O) groups is 1. The van der Waals surface area contributed by atoms with Crippen LogP contribution in [-0.2, 0) is 17.6 Å². The Hall–Kier alpha value is -1.96.